The van der Waals surface area contributed by atoms with E-state index in [2.05, 4.69) is 26.6 Å². The van der Waals surface area contributed by atoms with Crippen molar-refractivity contribution in [2.45, 2.75) is 27.0 Å². The Morgan fingerprint density at radius 2 is 1.66 bits per heavy atom. The van der Waals surface area contributed by atoms with Crippen LogP contribution >= 0.6 is 39.1 Å². The third-order valence-corrected chi connectivity index (χ3v) is 5.77. The zero-order chi connectivity index (χ0) is 23.1. The van der Waals surface area contributed by atoms with Gasteiger partial charge in [0.1, 0.15) is 6.61 Å². The number of carbonyl (C=O) groups is 1. The van der Waals surface area contributed by atoms with Crippen LogP contribution in [0.5, 0.6) is 11.5 Å². The van der Waals surface area contributed by atoms with E-state index in [1.165, 1.54) is 6.92 Å². The van der Waals surface area contributed by atoms with Gasteiger partial charge < -0.3 is 20.1 Å². The third kappa shape index (κ3) is 6.79. The van der Waals surface area contributed by atoms with Crippen molar-refractivity contribution in [2.24, 2.45) is 0 Å². The van der Waals surface area contributed by atoms with Gasteiger partial charge >= 0.3 is 0 Å². The number of carbonyl (C=O) groups excluding carboxylic acids is 1. The highest BCUT2D eigenvalue weighted by Gasteiger charge is 2.13. The van der Waals surface area contributed by atoms with Crippen LogP contribution in [0.2, 0.25) is 10.0 Å². The molecule has 0 spiro atoms. The maximum atomic E-state index is 11.1. The quantitative estimate of drug-likeness (QED) is 0.300. The van der Waals surface area contributed by atoms with Gasteiger partial charge in [0.2, 0.25) is 5.91 Å². The van der Waals surface area contributed by atoms with Crippen molar-refractivity contribution < 1.29 is 14.3 Å². The number of halogens is 3. The van der Waals surface area contributed by atoms with E-state index in [1.807, 2.05) is 49.4 Å². The SMILES string of the molecule is CCOc1cc(CNc2ccc(NC(C)=O)cc2)cc(Br)c1OCc1ccc(Cl)c(Cl)c1. The van der Waals surface area contributed by atoms with Crippen molar-refractivity contribution in [3.63, 3.8) is 0 Å². The molecule has 5 nitrogen and oxygen atoms in total. The van der Waals surface area contributed by atoms with Crippen LogP contribution in [0.25, 0.3) is 0 Å². The first-order valence-corrected chi connectivity index (χ1v) is 11.5. The maximum Gasteiger partial charge on any atom is 0.221 e. The van der Waals surface area contributed by atoms with Gasteiger partial charge in [-0.15, -0.1) is 0 Å². The molecule has 3 aromatic rings. The Labute approximate surface area is 206 Å². The molecule has 0 unspecified atom stereocenters. The minimum Gasteiger partial charge on any atom is -0.490 e. The van der Waals surface area contributed by atoms with Crippen molar-refractivity contribution in [3.8, 4) is 11.5 Å². The van der Waals surface area contributed by atoms with Gasteiger partial charge in [0.05, 0.1) is 21.1 Å². The molecule has 0 saturated heterocycles. The van der Waals surface area contributed by atoms with Gasteiger partial charge in [-0.1, -0.05) is 29.3 Å². The summed E-state index contributed by atoms with van der Waals surface area (Å²) in [7, 11) is 0. The maximum absolute atomic E-state index is 11.1. The summed E-state index contributed by atoms with van der Waals surface area (Å²) in [5.41, 5.74) is 3.62. The molecule has 0 saturated carbocycles. The Bertz CT molecular complexity index is 1090. The van der Waals surface area contributed by atoms with Crippen LogP contribution in [0.4, 0.5) is 11.4 Å². The molecule has 0 aromatic heterocycles. The standard InChI is InChI=1S/C24H23BrCl2N2O3/c1-3-31-23-12-17(13-28-18-5-7-19(8-6-18)29-15(2)30)10-20(25)24(23)32-14-16-4-9-21(26)22(27)11-16/h4-12,28H,3,13-14H2,1-2H3,(H,29,30). The monoisotopic (exact) mass is 536 g/mol. The summed E-state index contributed by atoms with van der Waals surface area (Å²) >= 11 is 15.7. The average Bonchev–Trinajstić information content (AvgIpc) is 2.75. The Kier molecular flexibility index (Phi) is 8.67. The molecule has 0 heterocycles. The lowest BCUT2D eigenvalue weighted by Gasteiger charge is -2.16. The first kappa shape index (κ1) is 24.2. The molecule has 1 amide bonds. The lowest BCUT2D eigenvalue weighted by Crippen LogP contribution is -2.06. The molecule has 0 bridgehead atoms. The van der Waals surface area contributed by atoms with Gasteiger partial charge in [-0.25, -0.2) is 0 Å². The number of nitrogens with one attached hydrogen (secondary N) is 2. The molecule has 0 fully saturated rings. The zero-order valence-corrected chi connectivity index (χ0v) is 20.8. The smallest absolute Gasteiger partial charge is 0.221 e. The van der Waals surface area contributed by atoms with Gasteiger partial charge in [-0.3, -0.25) is 4.79 Å². The summed E-state index contributed by atoms with van der Waals surface area (Å²) in [6, 6.07) is 16.9. The molecule has 3 rings (SSSR count). The van der Waals surface area contributed by atoms with Crippen molar-refractivity contribution >= 4 is 56.4 Å². The number of amides is 1. The zero-order valence-electron chi connectivity index (χ0n) is 17.7. The largest absolute Gasteiger partial charge is 0.490 e. The molecule has 3 aromatic carbocycles. The topological polar surface area (TPSA) is 59.6 Å². The van der Waals surface area contributed by atoms with Crippen LogP contribution < -0.4 is 20.1 Å². The van der Waals surface area contributed by atoms with E-state index >= 15 is 0 Å². The predicted octanol–water partition coefficient (Wildman–Crippen LogP) is 7.30. The summed E-state index contributed by atoms with van der Waals surface area (Å²) in [6.07, 6.45) is 0. The average molecular weight is 538 g/mol. The van der Waals surface area contributed by atoms with Gasteiger partial charge in [0.15, 0.2) is 11.5 Å². The van der Waals surface area contributed by atoms with Crippen LogP contribution in [0, 0.1) is 0 Å². The Morgan fingerprint density at radius 1 is 0.938 bits per heavy atom. The number of hydrogen-bond donors (Lipinski definition) is 2. The fourth-order valence-electron chi connectivity index (χ4n) is 2.99. The van der Waals surface area contributed by atoms with Crippen LogP contribution in [0.3, 0.4) is 0 Å². The number of rotatable bonds is 9. The lowest BCUT2D eigenvalue weighted by molar-refractivity contribution is -0.114. The van der Waals surface area contributed by atoms with Crippen molar-refractivity contribution in [1.82, 2.24) is 0 Å². The molecule has 0 aliphatic heterocycles. The van der Waals surface area contributed by atoms with Crippen molar-refractivity contribution in [3.05, 3.63) is 80.2 Å². The predicted molar refractivity (Wildman–Crippen MR) is 134 cm³/mol. The third-order valence-electron chi connectivity index (χ3n) is 4.44. The molecule has 8 heteroatoms. The fourth-order valence-corrected chi connectivity index (χ4v) is 3.91. The highest BCUT2D eigenvalue weighted by Crippen LogP contribution is 2.38. The van der Waals surface area contributed by atoms with E-state index in [-0.39, 0.29) is 5.91 Å². The number of anilines is 2. The van der Waals surface area contributed by atoms with E-state index in [1.54, 1.807) is 12.1 Å². The molecule has 2 N–H and O–H groups in total. The van der Waals surface area contributed by atoms with Crippen LogP contribution in [-0.4, -0.2) is 12.5 Å². The minimum absolute atomic E-state index is 0.0968. The van der Waals surface area contributed by atoms with E-state index in [9.17, 15) is 4.79 Å². The fraction of sp³-hybridized carbons (Fsp3) is 0.208. The highest BCUT2D eigenvalue weighted by atomic mass is 79.9. The Balaban J connectivity index is 1.70. The molecule has 32 heavy (non-hydrogen) atoms. The van der Waals surface area contributed by atoms with E-state index in [0.29, 0.717) is 41.3 Å². The highest BCUT2D eigenvalue weighted by molar-refractivity contribution is 9.10. The first-order valence-electron chi connectivity index (χ1n) is 9.99. The van der Waals surface area contributed by atoms with Gasteiger partial charge in [0, 0.05) is 24.8 Å². The summed E-state index contributed by atoms with van der Waals surface area (Å²) < 4.78 is 12.7. The number of hydrogen-bond acceptors (Lipinski definition) is 4. The van der Waals surface area contributed by atoms with Gasteiger partial charge in [-0.05, 0) is 82.5 Å². The van der Waals surface area contributed by atoms with Crippen LogP contribution in [0.15, 0.2) is 59.1 Å². The second-order valence-electron chi connectivity index (χ2n) is 6.99. The van der Waals surface area contributed by atoms with Crippen molar-refractivity contribution in [1.29, 1.82) is 0 Å². The van der Waals surface area contributed by atoms with Crippen LogP contribution in [-0.2, 0) is 17.9 Å². The number of benzene rings is 3. The number of ether oxygens (including phenoxy) is 2. The van der Waals surface area contributed by atoms with Gasteiger partial charge in [0.25, 0.3) is 0 Å². The molecule has 0 aliphatic rings. The summed E-state index contributed by atoms with van der Waals surface area (Å²) in [4.78, 5) is 11.1. The normalized spacial score (nSPS) is 10.5. The second-order valence-corrected chi connectivity index (χ2v) is 8.66. The van der Waals surface area contributed by atoms with E-state index in [0.717, 1.165) is 27.0 Å². The summed E-state index contributed by atoms with van der Waals surface area (Å²) in [5.74, 6) is 1.18. The molecule has 0 aliphatic carbocycles. The molecular weight excluding hydrogens is 515 g/mol. The Morgan fingerprint density at radius 3 is 2.31 bits per heavy atom. The van der Waals surface area contributed by atoms with Gasteiger partial charge in [-0.2, -0.15) is 0 Å². The van der Waals surface area contributed by atoms with E-state index < -0.39 is 0 Å². The molecule has 168 valence electrons. The van der Waals surface area contributed by atoms with Crippen LogP contribution in [0.1, 0.15) is 25.0 Å². The van der Waals surface area contributed by atoms with E-state index in [4.69, 9.17) is 32.7 Å². The Hall–Kier alpha value is -2.41. The second kappa shape index (κ2) is 11.5. The minimum atomic E-state index is -0.0968. The summed E-state index contributed by atoms with van der Waals surface area (Å²) in [5, 5.41) is 7.12. The van der Waals surface area contributed by atoms with Crippen molar-refractivity contribution in [2.75, 3.05) is 17.2 Å². The first-order chi connectivity index (χ1) is 15.4. The molecule has 0 atom stereocenters. The molecule has 0 radical (unpaired) electrons. The lowest BCUT2D eigenvalue weighted by atomic mass is 10.2. The summed E-state index contributed by atoms with van der Waals surface area (Å²) in [6.45, 7) is 4.84. The molecular formula is C24H23BrCl2N2O3.